The van der Waals surface area contributed by atoms with Crippen LogP contribution in [0.2, 0.25) is 0 Å². The predicted octanol–water partition coefficient (Wildman–Crippen LogP) is 2.35. The third kappa shape index (κ3) is 4.52. The molecule has 2 aromatic rings. The van der Waals surface area contributed by atoms with Crippen molar-refractivity contribution in [1.82, 2.24) is 24.9 Å². The number of hydrogen-bond donors (Lipinski definition) is 0. The molecule has 0 aliphatic rings. The van der Waals surface area contributed by atoms with Gasteiger partial charge in [0.25, 0.3) is 0 Å². The molecule has 2 aromatic heterocycles. The van der Waals surface area contributed by atoms with Crippen LogP contribution in [0.3, 0.4) is 0 Å². The molecule has 0 atom stereocenters. The molecule has 0 saturated carbocycles. The molecule has 120 valence electrons. The number of aromatic nitrogens is 4. The summed E-state index contributed by atoms with van der Waals surface area (Å²) in [5.41, 5.74) is 1.09. The summed E-state index contributed by atoms with van der Waals surface area (Å²) in [6, 6.07) is 0. The second-order valence-corrected chi connectivity index (χ2v) is 6.94. The van der Waals surface area contributed by atoms with Crippen molar-refractivity contribution in [1.29, 1.82) is 0 Å². The van der Waals surface area contributed by atoms with E-state index in [1.54, 1.807) is 36.5 Å². The van der Waals surface area contributed by atoms with Crippen molar-refractivity contribution >= 4 is 17.4 Å². The highest BCUT2D eigenvalue weighted by Crippen LogP contribution is 2.19. The third-order valence-electron chi connectivity index (χ3n) is 2.78. The van der Waals surface area contributed by atoms with Crippen LogP contribution in [0, 0.1) is 0 Å². The number of thiazole rings is 1. The van der Waals surface area contributed by atoms with Gasteiger partial charge in [0.05, 0.1) is 11.2 Å². The zero-order valence-electron chi connectivity index (χ0n) is 13.5. The highest BCUT2D eigenvalue weighted by Gasteiger charge is 2.19. The molecular formula is C14H21N5O2S. The summed E-state index contributed by atoms with van der Waals surface area (Å²) in [6.45, 7) is 6.12. The predicted molar refractivity (Wildman–Crippen MR) is 84.7 cm³/mol. The van der Waals surface area contributed by atoms with E-state index < -0.39 is 5.60 Å². The Morgan fingerprint density at radius 3 is 2.73 bits per heavy atom. The first-order valence-corrected chi connectivity index (χ1v) is 7.88. The minimum atomic E-state index is -0.480. The molecule has 0 aromatic carbocycles. The zero-order chi connectivity index (χ0) is 16.3. The summed E-state index contributed by atoms with van der Waals surface area (Å²) >= 11 is 1.55. The van der Waals surface area contributed by atoms with Crippen molar-refractivity contribution in [3.63, 3.8) is 0 Å². The Labute approximate surface area is 133 Å². The van der Waals surface area contributed by atoms with E-state index in [2.05, 4.69) is 15.2 Å². The van der Waals surface area contributed by atoms with Crippen LogP contribution in [0.4, 0.5) is 4.79 Å². The number of rotatable bonds is 4. The van der Waals surface area contributed by atoms with Crippen LogP contribution in [0.15, 0.2) is 11.6 Å². The van der Waals surface area contributed by atoms with Gasteiger partial charge in [0.2, 0.25) is 0 Å². The maximum absolute atomic E-state index is 11.9. The first-order chi connectivity index (χ1) is 10.2. The van der Waals surface area contributed by atoms with Gasteiger partial charge in [0.15, 0.2) is 0 Å². The number of nitrogens with zero attached hydrogens (tertiary/aromatic N) is 5. The minimum absolute atomic E-state index is 0.321. The van der Waals surface area contributed by atoms with Crippen LogP contribution in [-0.4, -0.2) is 50.2 Å². The highest BCUT2D eigenvalue weighted by molar-refractivity contribution is 7.09. The first kappa shape index (κ1) is 16.4. The molecule has 22 heavy (non-hydrogen) atoms. The van der Waals surface area contributed by atoms with Crippen molar-refractivity contribution in [2.75, 3.05) is 13.6 Å². The number of aryl methyl sites for hydroxylation is 1. The van der Waals surface area contributed by atoms with Gasteiger partial charge >= 0.3 is 6.09 Å². The second-order valence-electron chi connectivity index (χ2n) is 6.00. The number of ether oxygens (including phenoxy) is 1. The van der Waals surface area contributed by atoms with Gasteiger partial charge in [-0.15, -0.1) is 11.3 Å². The Morgan fingerprint density at radius 1 is 1.41 bits per heavy atom. The van der Waals surface area contributed by atoms with Gasteiger partial charge < -0.3 is 9.64 Å². The molecule has 0 radical (unpaired) electrons. The number of carbonyl (C=O) groups excluding carboxylic acids is 1. The Bertz CT molecular complexity index is 644. The number of amides is 1. The lowest BCUT2D eigenvalue weighted by Gasteiger charge is -2.24. The molecule has 2 heterocycles. The van der Waals surface area contributed by atoms with Crippen LogP contribution >= 0.6 is 11.3 Å². The molecule has 0 unspecified atom stereocenters. The van der Waals surface area contributed by atoms with E-state index in [0.29, 0.717) is 13.0 Å². The summed E-state index contributed by atoms with van der Waals surface area (Å²) in [6.07, 6.45) is 2.05. The van der Waals surface area contributed by atoms with E-state index in [1.807, 2.05) is 26.2 Å². The average Bonchev–Trinajstić information content (AvgIpc) is 3.02. The summed E-state index contributed by atoms with van der Waals surface area (Å²) in [7, 11) is 3.50. The molecule has 7 nitrogen and oxygen atoms in total. The zero-order valence-corrected chi connectivity index (χ0v) is 14.3. The Hall–Kier alpha value is -1.96. The maximum atomic E-state index is 11.9. The van der Waals surface area contributed by atoms with Gasteiger partial charge in [-0.05, 0) is 20.8 Å². The molecule has 1 amide bonds. The van der Waals surface area contributed by atoms with Crippen LogP contribution < -0.4 is 0 Å². The van der Waals surface area contributed by atoms with Crippen molar-refractivity contribution in [3.8, 4) is 11.4 Å². The van der Waals surface area contributed by atoms with E-state index in [-0.39, 0.29) is 6.09 Å². The van der Waals surface area contributed by atoms with Gasteiger partial charge in [-0.1, -0.05) is 0 Å². The lowest BCUT2D eigenvalue weighted by molar-refractivity contribution is 0.0301. The number of likely N-dealkylation sites (N-methyl/N-ethyl adjacent to an activating group) is 1. The lowest BCUT2D eigenvalue weighted by Crippen LogP contribution is -2.35. The van der Waals surface area contributed by atoms with Gasteiger partial charge in [0.1, 0.15) is 17.0 Å². The average molecular weight is 323 g/mol. The summed E-state index contributed by atoms with van der Waals surface area (Å²) in [5.74, 6) is 0. The van der Waals surface area contributed by atoms with Crippen LogP contribution in [0.1, 0.15) is 25.8 Å². The maximum Gasteiger partial charge on any atom is 0.410 e. The van der Waals surface area contributed by atoms with Crippen LogP contribution in [0.25, 0.3) is 11.4 Å². The van der Waals surface area contributed by atoms with Crippen LogP contribution in [0.5, 0.6) is 0 Å². The fraction of sp³-hybridized carbons (Fsp3) is 0.571. The molecule has 0 fully saturated rings. The SMILES string of the molecule is CN(CCc1nc(-c2cnn(C)n2)cs1)C(=O)OC(C)(C)C. The van der Waals surface area contributed by atoms with E-state index in [0.717, 1.165) is 16.4 Å². The molecule has 8 heteroatoms. The van der Waals surface area contributed by atoms with Crippen molar-refractivity contribution < 1.29 is 9.53 Å². The Balaban J connectivity index is 1.90. The quantitative estimate of drug-likeness (QED) is 0.863. The molecule has 0 aliphatic heterocycles. The van der Waals surface area contributed by atoms with Crippen molar-refractivity contribution in [2.45, 2.75) is 32.8 Å². The molecular weight excluding hydrogens is 302 g/mol. The van der Waals surface area contributed by atoms with Gasteiger partial charge in [-0.3, -0.25) is 0 Å². The second kappa shape index (κ2) is 6.43. The molecule has 0 bridgehead atoms. The highest BCUT2D eigenvalue weighted by atomic mass is 32.1. The third-order valence-corrected chi connectivity index (χ3v) is 3.69. The molecule has 0 N–H and O–H groups in total. The molecule has 2 rings (SSSR count). The molecule has 0 aliphatic carbocycles. The van der Waals surface area contributed by atoms with Crippen LogP contribution in [-0.2, 0) is 18.2 Å². The van der Waals surface area contributed by atoms with E-state index >= 15 is 0 Å². The van der Waals surface area contributed by atoms with E-state index in [1.165, 1.54) is 4.80 Å². The molecule has 0 spiro atoms. The first-order valence-electron chi connectivity index (χ1n) is 7.00. The number of carbonyl (C=O) groups is 1. The Morgan fingerprint density at radius 2 is 2.14 bits per heavy atom. The summed E-state index contributed by atoms with van der Waals surface area (Å²) in [5, 5.41) is 11.2. The summed E-state index contributed by atoms with van der Waals surface area (Å²) in [4.78, 5) is 19.5. The van der Waals surface area contributed by atoms with E-state index in [4.69, 9.17) is 4.74 Å². The fourth-order valence-corrected chi connectivity index (χ4v) is 2.48. The largest absolute Gasteiger partial charge is 0.444 e. The smallest absolute Gasteiger partial charge is 0.410 e. The van der Waals surface area contributed by atoms with Crippen molar-refractivity contribution in [3.05, 3.63) is 16.6 Å². The molecule has 0 saturated heterocycles. The van der Waals surface area contributed by atoms with Gasteiger partial charge in [-0.25, -0.2) is 9.78 Å². The summed E-state index contributed by atoms with van der Waals surface area (Å²) < 4.78 is 5.31. The standard InChI is InChI=1S/C14H21N5O2S/c1-14(2,3)21-13(20)18(4)7-6-12-16-11(9-22-12)10-8-15-19(5)17-10/h8-9H,6-7H2,1-5H3. The Kier molecular flexibility index (Phi) is 4.80. The topological polar surface area (TPSA) is 73.1 Å². The van der Waals surface area contributed by atoms with Gasteiger partial charge in [0, 0.05) is 32.4 Å². The normalized spacial score (nSPS) is 11.5. The monoisotopic (exact) mass is 323 g/mol. The minimum Gasteiger partial charge on any atom is -0.444 e. The van der Waals surface area contributed by atoms with Gasteiger partial charge in [-0.2, -0.15) is 15.0 Å². The van der Waals surface area contributed by atoms with E-state index in [9.17, 15) is 4.79 Å². The number of hydrogen-bond acceptors (Lipinski definition) is 6. The van der Waals surface area contributed by atoms with Crippen molar-refractivity contribution in [2.24, 2.45) is 7.05 Å². The lowest BCUT2D eigenvalue weighted by atomic mass is 10.2. The fourth-order valence-electron chi connectivity index (χ4n) is 1.70.